The molecular formula is C13H14Cl2FNO2. The SMILES string of the molecule is O=C(NC1(CCl)CCOCC1)c1c(F)cccc1Cl. The predicted molar refractivity (Wildman–Crippen MR) is 72.4 cm³/mol. The van der Waals surface area contributed by atoms with Crippen LogP contribution >= 0.6 is 23.2 Å². The zero-order valence-corrected chi connectivity index (χ0v) is 11.7. The molecule has 104 valence electrons. The first-order chi connectivity index (χ1) is 9.08. The van der Waals surface area contributed by atoms with Gasteiger partial charge in [-0.1, -0.05) is 17.7 Å². The molecule has 0 atom stereocenters. The van der Waals surface area contributed by atoms with E-state index in [2.05, 4.69) is 5.32 Å². The summed E-state index contributed by atoms with van der Waals surface area (Å²) in [5.41, 5.74) is -0.692. The van der Waals surface area contributed by atoms with E-state index in [-0.39, 0.29) is 16.5 Å². The van der Waals surface area contributed by atoms with Crippen LogP contribution in [0.25, 0.3) is 0 Å². The summed E-state index contributed by atoms with van der Waals surface area (Å²) in [6.45, 7) is 1.05. The lowest BCUT2D eigenvalue weighted by Crippen LogP contribution is -2.53. The fourth-order valence-corrected chi connectivity index (χ4v) is 2.66. The summed E-state index contributed by atoms with van der Waals surface area (Å²) < 4.78 is 18.9. The van der Waals surface area contributed by atoms with E-state index in [1.807, 2.05) is 0 Å². The van der Waals surface area contributed by atoms with Gasteiger partial charge in [0.1, 0.15) is 5.82 Å². The van der Waals surface area contributed by atoms with Crippen molar-refractivity contribution in [2.45, 2.75) is 18.4 Å². The molecule has 1 saturated heterocycles. The number of amides is 1. The third-order valence-electron chi connectivity index (χ3n) is 3.27. The van der Waals surface area contributed by atoms with Crippen molar-refractivity contribution in [3.05, 3.63) is 34.6 Å². The number of carbonyl (C=O) groups is 1. The molecule has 0 aromatic heterocycles. The lowest BCUT2D eigenvalue weighted by molar-refractivity contribution is 0.0432. The monoisotopic (exact) mass is 305 g/mol. The molecule has 6 heteroatoms. The number of hydrogen-bond donors (Lipinski definition) is 1. The number of carbonyl (C=O) groups excluding carboxylic acids is 1. The molecule has 0 unspecified atom stereocenters. The third-order valence-corrected chi connectivity index (χ3v) is 4.10. The van der Waals surface area contributed by atoms with Crippen molar-refractivity contribution < 1.29 is 13.9 Å². The van der Waals surface area contributed by atoms with Crippen molar-refractivity contribution in [2.75, 3.05) is 19.1 Å². The summed E-state index contributed by atoms with van der Waals surface area (Å²) in [4.78, 5) is 12.2. The molecule has 1 aliphatic heterocycles. The quantitative estimate of drug-likeness (QED) is 0.872. The minimum absolute atomic E-state index is 0.0919. The minimum Gasteiger partial charge on any atom is -0.381 e. The van der Waals surface area contributed by atoms with Crippen molar-refractivity contribution >= 4 is 29.1 Å². The lowest BCUT2D eigenvalue weighted by Gasteiger charge is -2.36. The predicted octanol–water partition coefficient (Wildman–Crippen LogP) is 3.00. The van der Waals surface area contributed by atoms with E-state index in [1.54, 1.807) is 0 Å². The Bertz CT molecular complexity index is 455. The zero-order chi connectivity index (χ0) is 13.9. The van der Waals surface area contributed by atoms with Gasteiger partial charge in [-0.15, -0.1) is 11.6 Å². The van der Waals surface area contributed by atoms with Crippen LogP contribution in [0.2, 0.25) is 5.02 Å². The molecule has 2 rings (SSSR count). The number of alkyl halides is 1. The highest BCUT2D eigenvalue weighted by molar-refractivity contribution is 6.33. The number of rotatable bonds is 3. The standard InChI is InChI=1S/C13H14Cl2FNO2/c14-8-13(4-6-19-7-5-13)17-12(18)11-9(15)2-1-3-10(11)16/h1-3H,4-8H2,(H,17,18). The second kappa shape index (κ2) is 6.07. The van der Waals surface area contributed by atoms with E-state index in [4.69, 9.17) is 27.9 Å². The van der Waals surface area contributed by atoms with Crippen molar-refractivity contribution in [2.24, 2.45) is 0 Å². The summed E-state index contributed by atoms with van der Waals surface area (Å²) in [7, 11) is 0. The summed E-state index contributed by atoms with van der Waals surface area (Å²) in [5, 5.41) is 2.90. The van der Waals surface area contributed by atoms with Crippen LogP contribution in [0.1, 0.15) is 23.2 Å². The third kappa shape index (κ3) is 3.19. The number of nitrogens with one attached hydrogen (secondary N) is 1. The van der Waals surface area contributed by atoms with Crippen LogP contribution in [0.4, 0.5) is 4.39 Å². The van der Waals surface area contributed by atoms with Crippen molar-refractivity contribution in [1.29, 1.82) is 0 Å². The molecule has 3 nitrogen and oxygen atoms in total. The molecule has 19 heavy (non-hydrogen) atoms. The van der Waals surface area contributed by atoms with Crippen LogP contribution in [0.15, 0.2) is 18.2 Å². The zero-order valence-electron chi connectivity index (χ0n) is 10.2. The van der Waals surface area contributed by atoms with E-state index < -0.39 is 17.3 Å². The first-order valence-electron chi connectivity index (χ1n) is 5.98. The van der Waals surface area contributed by atoms with E-state index in [0.29, 0.717) is 26.1 Å². The topological polar surface area (TPSA) is 38.3 Å². The van der Waals surface area contributed by atoms with Crippen molar-refractivity contribution in [1.82, 2.24) is 5.32 Å². The van der Waals surface area contributed by atoms with Crippen LogP contribution in [0.3, 0.4) is 0 Å². The highest BCUT2D eigenvalue weighted by Crippen LogP contribution is 2.25. The molecule has 1 aliphatic rings. The summed E-state index contributed by atoms with van der Waals surface area (Å²) in [6.07, 6.45) is 1.21. The summed E-state index contributed by atoms with van der Waals surface area (Å²) in [6, 6.07) is 4.15. The number of halogens is 3. The average Bonchev–Trinajstić information content (AvgIpc) is 2.39. The fraction of sp³-hybridized carbons (Fsp3) is 0.462. The van der Waals surface area contributed by atoms with Gasteiger partial charge in [-0.2, -0.15) is 0 Å². The Kier molecular flexibility index (Phi) is 4.66. The van der Waals surface area contributed by atoms with Gasteiger partial charge in [0.15, 0.2) is 0 Å². The van der Waals surface area contributed by atoms with Gasteiger partial charge < -0.3 is 10.1 Å². The molecule has 1 amide bonds. The van der Waals surface area contributed by atoms with E-state index in [0.717, 1.165) is 0 Å². The summed E-state index contributed by atoms with van der Waals surface area (Å²) >= 11 is 11.8. The molecule has 1 fully saturated rings. The number of hydrogen-bond acceptors (Lipinski definition) is 2. The molecule has 0 bridgehead atoms. The second-order valence-corrected chi connectivity index (χ2v) is 5.25. The normalized spacial score (nSPS) is 18.1. The van der Waals surface area contributed by atoms with Gasteiger partial charge in [0.25, 0.3) is 5.91 Å². The highest BCUT2D eigenvalue weighted by atomic mass is 35.5. The maximum Gasteiger partial charge on any atom is 0.256 e. The van der Waals surface area contributed by atoms with Crippen LogP contribution < -0.4 is 5.32 Å². The number of benzene rings is 1. The molecule has 0 spiro atoms. The molecule has 1 aromatic carbocycles. The first-order valence-corrected chi connectivity index (χ1v) is 6.89. The largest absolute Gasteiger partial charge is 0.381 e. The van der Waals surface area contributed by atoms with E-state index in [9.17, 15) is 9.18 Å². The Labute approximate surface area is 121 Å². The van der Waals surface area contributed by atoms with Gasteiger partial charge in [-0.05, 0) is 25.0 Å². The van der Waals surface area contributed by atoms with Crippen molar-refractivity contribution in [3.63, 3.8) is 0 Å². The Balaban J connectivity index is 2.20. The van der Waals surface area contributed by atoms with Gasteiger partial charge in [-0.3, -0.25) is 4.79 Å². The van der Waals surface area contributed by atoms with E-state index in [1.165, 1.54) is 18.2 Å². The molecule has 1 N–H and O–H groups in total. The molecular weight excluding hydrogens is 292 g/mol. The molecule has 0 radical (unpaired) electrons. The Morgan fingerprint density at radius 2 is 2.11 bits per heavy atom. The molecule has 0 aliphatic carbocycles. The average molecular weight is 306 g/mol. The minimum atomic E-state index is -0.637. The van der Waals surface area contributed by atoms with Gasteiger partial charge in [-0.25, -0.2) is 4.39 Å². The van der Waals surface area contributed by atoms with Gasteiger partial charge in [0.05, 0.1) is 16.1 Å². The lowest BCUT2D eigenvalue weighted by atomic mass is 9.91. The van der Waals surface area contributed by atoms with Gasteiger partial charge >= 0.3 is 0 Å². The molecule has 1 heterocycles. The van der Waals surface area contributed by atoms with Gasteiger partial charge in [0, 0.05) is 19.1 Å². The first kappa shape index (κ1) is 14.6. The smallest absolute Gasteiger partial charge is 0.256 e. The molecule has 0 saturated carbocycles. The van der Waals surface area contributed by atoms with Crippen molar-refractivity contribution in [3.8, 4) is 0 Å². The summed E-state index contributed by atoms with van der Waals surface area (Å²) in [5.74, 6) is -0.916. The number of ether oxygens (including phenoxy) is 1. The van der Waals surface area contributed by atoms with Gasteiger partial charge in [0.2, 0.25) is 0 Å². The Morgan fingerprint density at radius 1 is 1.42 bits per heavy atom. The second-order valence-electron chi connectivity index (χ2n) is 4.58. The maximum absolute atomic E-state index is 13.7. The van der Waals surface area contributed by atoms with Crippen LogP contribution in [-0.4, -0.2) is 30.5 Å². The molecule has 1 aromatic rings. The van der Waals surface area contributed by atoms with Crippen LogP contribution in [-0.2, 0) is 4.74 Å². The fourth-order valence-electron chi connectivity index (χ4n) is 2.07. The van der Waals surface area contributed by atoms with Crippen LogP contribution in [0, 0.1) is 5.82 Å². The Hall–Kier alpha value is -0.840. The maximum atomic E-state index is 13.7. The van der Waals surface area contributed by atoms with Crippen LogP contribution in [0.5, 0.6) is 0 Å². The van der Waals surface area contributed by atoms with E-state index >= 15 is 0 Å². The Morgan fingerprint density at radius 3 is 2.68 bits per heavy atom. The highest BCUT2D eigenvalue weighted by Gasteiger charge is 2.34.